The van der Waals surface area contributed by atoms with Crippen LogP contribution in [0.3, 0.4) is 0 Å². The van der Waals surface area contributed by atoms with Gasteiger partial charge in [-0.25, -0.2) is 0 Å². The van der Waals surface area contributed by atoms with E-state index in [-0.39, 0.29) is 10.8 Å². The van der Waals surface area contributed by atoms with E-state index in [0.717, 1.165) is 18.0 Å². The van der Waals surface area contributed by atoms with E-state index in [0.29, 0.717) is 0 Å². The van der Waals surface area contributed by atoms with Gasteiger partial charge in [0.1, 0.15) is 0 Å². The molecule has 0 fully saturated rings. The lowest BCUT2D eigenvalue weighted by Crippen LogP contribution is -2.73. The number of fused-ring (bicyclic) bond motifs is 6. The Kier molecular flexibility index (Phi) is 8.09. The third-order valence-electron chi connectivity index (χ3n) is 12.8. The van der Waals surface area contributed by atoms with Gasteiger partial charge >= 0.3 is 0 Å². The summed E-state index contributed by atoms with van der Waals surface area (Å²) in [5.74, 6) is 0. The van der Waals surface area contributed by atoms with Crippen LogP contribution in [0.15, 0.2) is 152 Å². The first-order valence-corrected chi connectivity index (χ1v) is 22.5. The molecule has 0 aliphatic carbocycles. The van der Waals surface area contributed by atoms with Gasteiger partial charge in [0.05, 0.1) is 40.8 Å². The standard InChI is InChI=1S/C52H51N5Si/c1-51(2,3)35-23-26-40-41-27-24-36(52(4,5)6)31-49(41)58(48(40)30-35,50-22-13-14-29-53-50)39-25-28-44-47(33-39)57(46-21-12-10-19-43(46)55(44)8)38-17-15-16-37(32-38)56-34-54(7)42-18-9-11-20-45(42)56/h9-33H,34H2,1-8H3. The molecular weight excluding hydrogens is 723 g/mol. The van der Waals surface area contributed by atoms with Crippen molar-refractivity contribution in [1.29, 1.82) is 0 Å². The van der Waals surface area contributed by atoms with Crippen LogP contribution in [0, 0.1) is 0 Å². The number of para-hydroxylation sites is 4. The van der Waals surface area contributed by atoms with Crippen LogP contribution in [0.5, 0.6) is 0 Å². The van der Waals surface area contributed by atoms with Crippen molar-refractivity contribution >= 4 is 74.5 Å². The van der Waals surface area contributed by atoms with Gasteiger partial charge in [-0.15, -0.1) is 0 Å². The Morgan fingerprint density at radius 1 is 0.500 bits per heavy atom. The lowest BCUT2D eigenvalue weighted by atomic mass is 9.85. The molecule has 0 radical (unpaired) electrons. The zero-order valence-electron chi connectivity index (χ0n) is 34.9. The van der Waals surface area contributed by atoms with Crippen molar-refractivity contribution in [1.82, 2.24) is 4.98 Å². The number of anilines is 8. The Hall–Kier alpha value is -6.11. The summed E-state index contributed by atoms with van der Waals surface area (Å²) >= 11 is 0. The molecule has 288 valence electrons. The average Bonchev–Trinajstić information content (AvgIpc) is 3.72. The number of benzene rings is 6. The maximum Gasteiger partial charge on any atom is 0.203 e. The van der Waals surface area contributed by atoms with Crippen molar-refractivity contribution in [3.05, 3.63) is 163 Å². The lowest BCUT2D eigenvalue weighted by molar-refractivity contribution is 0.590. The van der Waals surface area contributed by atoms with Gasteiger partial charge in [0.25, 0.3) is 0 Å². The number of hydrogen-bond donors (Lipinski definition) is 0. The van der Waals surface area contributed by atoms with Crippen molar-refractivity contribution < 1.29 is 0 Å². The predicted octanol–water partition coefficient (Wildman–Crippen LogP) is 10.1. The topological polar surface area (TPSA) is 25.9 Å². The molecule has 0 saturated carbocycles. The lowest BCUT2D eigenvalue weighted by Gasteiger charge is -2.40. The molecule has 4 heterocycles. The summed E-state index contributed by atoms with van der Waals surface area (Å²) in [7, 11) is 1.38. The molecule has 5 nitrogen and oxygen atoms in total. The zero-order chi connectivity index (χ0) is 40.1. The molecule has 6 heteroatoms. The van der Waals surface area contributed by atoms with Crippen LogP contribution in [0.4, 0.5) is 45.5 Å². The summed E-state index contributed by atoms with van der Waals surface area (Å²) in [6, 6.07) is 55.1. The second-order valence-electron chi connectivity index (χ2n) is 18.3. The smallest absolute Gasteiger partial charge is 0.203 e. The summed E-state index contributed by atoms with van der Waals surface area (Å²) in [6.45, 7) is 14.8. The Bertz CT molecular complexity index is 2680. The molecule has 0 amide bonds. The van der Waals surface area contributed by atoms with Gasteiger partial charge in [-0.05, 0) is 115 Å². The Balaban J connectivity index is 1.25. The maximum absolute atomic E-state index is 5.34. The largest absolute Gasteiger partial charge is 0.355 e. The number of aromatic nitrogens is 1. The van der Waals surface area contributed by atoms with Crippen molar-refractivity contribution in [3.63, 3.8) is 0 Å². The van der Waals surface area contributed by atoms with Crippen LogP contribution in [0.25, 0.3) is 11.1 Å². The SMILES string of the molecule is CN1CN(c2cccc(N3c4ccccc4N(C)c4ccc([Si]5(c6ccccn6)c6cc(C(C)(C)C)ccc6-c6ccc(C(C)(C)C)cc65)cc43)c2)c2ccccc21. The summed E-state index contributed by atoms with van der Waals surface area (Å²) in [4.78, 5) is 14.9. The molecule has 6 aromatic carbocycles. The summed E-state index contributed by atoms with van der Waals surface area (Å²) in [6.07, 6.45) is 2.00. The van der Waals surface area contributed by atoms with E-state index in [1.54, 1.807) is 0 Å². The first-order chi connectivity index (χ1) is 27.9. The van der Waals surface area contributed by atoms with Crippen LogP contribution in [-0.4, -0.2) is 33.8 Å². The number of hydrogen-bond acceptors (Lipinski definition) is 5. The third-order valence-corrected chi connectivity index (χ3v) is 17.4. The van der Waals surface area contributed by atoms with Gasteiger partial charge < -0.3 is 19.6 Å². The minimum absolute atomic E-state index is 0.0145. The van der Waals surface area contributed by atoms with Crippen molar-refractivity contribution in [3.8, 4) is 11.1 Å². The normalized spacial score (nSPS) is 15.2. The second kappa shape index (κ2) is 13.0. The van der Waals surface area contributed by atoms with Crippen LogP contribution < -0.4 is 40.5 Å². The van der Waals surface area contributed by atoms with Crippen LogP contribution >= 0.6 is 0 Å². The molecule has 0 bridgehead atoms. The Morgan fingerprint density at radius 2 is 1.09 bits per heavy atom. The molecule has 0 unspecified atom stereocenters. The van der Waals surface area contributed by atoms with Gasteiger partial charge in [-0.1, -0.05) is 120 Å². The molecule has 0 saturated heterocycles. The maximum atomic E-state index is 5.34. The minimum Gasteiger partial charge on any atom is -0.355 e. The van der Waals surface area contributed by atoms with Crippen molar-refractivity contribution in [2.45, 2.75) is 52.4 Å². The fourth-order valence-electron chi connectivity index (χ4n) is 9.67. The van der Waals surface area contributed by atoms with Gasteiger partial charge in [0.15, 0.2) is 0 Å². The molecule has 3 aliphatic rings. The molecule has 3 aliphatic heterocycles. The Labute approximate surface area is 344 Å². The monoisotopic (exact) mass is 773 g/mol. The predicted molar refractivity (Wildman–Crippen MR) is 249 cm³/mol. The molecule has 1 aromatic heterocycles. The fraction of sp³-hybridized carbons (Fsp3) is 0.212. The van der Waals surface area contributed by atoms with Crippen molar-refractivity contribution in [2.24, 2.45) is 0 Å². The first kappa shape index (κ1) is 36.2. The highest BCUT2D eigenvalue weighted by Gasteiger charge is 2.51. The molecule has 10 rings (SSSR count). The number of pyridine rings is 1. The van der Waals surface area contributed by atoms with E-state index in [1.807, 2.05) is 6.20 Å². The van der Waals surface area contributed by atoms with Crippen LogP contribution in [-0.2, 0) is 10.8 Å². The minimum atomic E-state index is -3.00. The average molecular weight is 774 g/mol. The van der Waals surface area contributed by atoms with Crippen LogP contribution in [0.1, 0.15) is 52.7 Å². The van der Waals surface area contributed by atoms with Gasteiger partial charge in [-0.2, -0.15) is 0 Å². The molecule has 7 aromatic rings. The van der Waals surface area contributed by atoms with Crippen LogP contribution in [0.2, 0.25) is 0 Å². The fourth-order valence-corrected chi connectivity index (χ4v) is 14.7. The van der Waals surface area contributed by atoms with Crippen molar-refractivity contribution in [2.75, 3.05) is 40.4 Å². The molecule has 0 atom stereocenters. The number of rotatable bonds is 4. The van der Waals surface area contributed by atoms with Gasteiger partial charge in [0.2, 0.25) is 8.07 Å². The molecular formula is C52H51N5Si. The van der Waals surface area contributed by atoms with E-state index >= 15 is 0 Å². The summed E-state index contributed by atoms with van der Waals surface area (Å²) in [5.41, 5.74) is 14.8. The second-order valence-corrected chi connectivity index (χ2v) is 22.0. The number of nitrogens with zero attached hydrogens (tertiary/aromatic N) is 5. The molecule has 0 spiro atoms. The summed E-state index contributed by atoms with van der Waals surface area (Å²) in [5, 5.41) is 5.36. The van der Waals surface area contributed by atoms with Gasteiger partial charge in [-0.3, -0.25) is 4.98 Å². The van der Waals surface area contributed by atoms with E-state index in [9.17, 15) is 0 Å². The summed E-state index contributed by atoms with van der Waals surface area (Å²) < 4.78 is 0. The highest BCUT2D eigenvalue weighted by atomic mass is 28.3. The third kappa shape index (κ3) is 5.38. The Morgan fingerprint density at radius 3 is 1.72 bits per heavy atom. The van der Waals surface area contributed by atoms with E-state index in [4.69, 9.17) is 4.98 Å². The molecule has 0 N–H and O–H groups in total. The van der Waals surface area contributed by atoms with Gasteiger partial charge in [0, 0.05) is 37.0 Å². The van der Waals surface area contributed by atoms with E-state index < -0.39 is 8.07 Å². The molecule has 58 heavy (non-hydrogen) atoms. The van der Waals surface area contributed by atoms with E-state index in [2.05, 4.69) is 221 Å². The highest BCUT2D eigenvalue weighted by Crippen LogP contribution is 2.51. The zero-order valence-corrected chi connectivity index (χ0v) is 35.9. The first-order valence-electron chi connectivity index (χ1n) is 20.5. The van der Waals surface area contributed by atoms with E-state index in [1.165, 1.54) is 77.3 Å². The highest BCUT2D eigenvalue weighted by molar-refractivity contribution is 7.21. The quantitative estimate of drug-likeness (QED) is 0.166.